The van der Waals surface area contributed by atoms with Gasteiger partial charge in [-0.2, -0.15) is 5.10 Å². The van der Waals surface area contributed by atoms with Gasteiger partial charge in [0, 0.05) is 13.2 Å². The summed E-state index contributed by atoms with van der Waals surface area (Å²) in [6, 6.07) is 7.47. The van der Waals surface area contributed by atoms with E-state index < -0.39 is 0 Å². The van der Waals surface area contributed by atoms with Crippen LogP contribution in [-0.4, -0.2) is 22.5 Å². The van der Waals surface area contributed by atoms with Gasteiger partial charge in [-0.25, -0.2) is 0 Å². The van der Waals surface area contributed by atoms with Crippen molar-refractivity contribution < 1.29 is 14.3 Å². The second-order valence-electron chi connectivity index (χ2n) is 5.27. The van der Waals surface area contributed by atoms with Gasteiger partial charge in [0.1, 0.15) is 0 Å². The highest BCUT2D eigenvalue weighted by Gasteiger charge is 2.18. The molecule has 0 bridgehead atoms. The minimum Gasteiger partial charge on any atom is -0.454 e. The lowest BCUT2D eigenvalue weighted by atomic mass is 10.1. The Morgan fingerprint density at radius 3 is 2.91 bits per heavy atom. The summed E-state index contributed by atoms with van der Waals surface area (Å²) in [6.45, 7) is 2.28. The summed E-state index contributed by atoms with van der Waals surface area (Å²) in [4.78, 5) is 12.3. The van der Waals surface area contributed by atoms with Gasteiger partial charge in [0.25, 0.3) is 0 Å². The van der Waals surface area contributed by atoms with Crippen LogP contribution in [0.5, 0.6) is 11.5 Å². The highest BCUT2D eigenvalue weighted by atomic mass is 16.7. The largest absolute Gasteiger partial charge is 0.454 e. The molecule has 1 aromatic heterocycles. The fourth-order valence-corrected chi connectivity index (χ4v) is 2.59. The van der Waals surface area contributed by atoms with Crippen molar-refractivity contribution in [3.05, 3.63) is 41.7 Å². The number of aryl methyl sites for hydroxylation is 1. The van der Waals surface area contributed by atoms with Crippen LogP contribution < -0.4 is 14.8 Å². The Hall–Kier alpha value is -2.50. The lowest BCUT2D eigenvalue weighted by molar-refractivity contribution is -0.121. The summed E-state index contributed by atoms with van der Waals surface area (Å²) >= 11 is 0. The van der Waals surface area contributed by atoms with Crippen LogP contribution in [0, 0.1) is 0 Å². The number of nitrogens with zero attached hydrogens (tertiary/aromatic N) is 2. The van der Waals surface area contributed by atoms with E-state index in [-0.39, 0.29) is 18.7 Å². The summed E-state index contributed by atoms with van der Waals surface area (Å²) in [5, 5.41) is 7.21. The first-order valence-electron chi connectivity index (χ1n) is 7.33. The summed E-state index contributed by atoms with van der Waals surface area (Å²) in [5.74, 6) is 1.40. The van der Waals surface area contributed by atoms with Crippen LogP contribution in [0.1, 0.15) is 30.6 Å². The van der Waals surface area contributed by atoms with Crippen molar-refractivity contribution in [3.63, 3.8) is 0 Å². The SMILES string of the molecule is CC[C@H](NC(=O)Cc1ccc2c(c1)OCO2)c1ccnn1C. The van der Waals surface area contributed by atoms with Gasteiger partial charge in [0.05, 0.1) is 18.2 Å². The van der Waals surface area contributed by atoms with Crippen molar-refractivity contribution in [1.82, 2.24) is 15.1 Å². The Kier molecular flexibility index (Phi) is 4.00. The average molecular weight is 301 g/mol. The van der Waals surface area contributed by atoms with Gasteiger partial charge >= 0.3 is 0 Å². The molecule has 0 unspecified atom stereocenters. The summed E-state index contributed by atoms with van der Waals surface area (Å²) in [6.07, 6.45) is 2.86. The first kappa shape index (κ1) is 14.4. The molecule has 0 saturated carbocycles. The molecule has 6 nitrogen and oxygen atoms in total. The standard InChI is InChI=1S/C16H19N3O3/c1-3-12(13-6-7-17-19(13)2)18-16(20)9-11-4-5-14-15(8-11)22-10-21-14/h4-8,12H,3,9-10H2,1-2H3,(H,18,20)/t12-/m0/s1. The van der Waals surface area contributed by atoms with Crippen molar-refractivity contribution in [1.29, 1.82) is 0 Å². The van der Waals surface area contributed by atoms with Crippen molar-refractivity contribution in [3.8, 4) is 11.5 Å². The monoisotopic (exact) mass is 301 g/mol. The van der Waals surface area contributed by atoms with E-state index in [0.717, 1.165) is 23.4 Å². The third kappa shape index (κ3) is 2.90. The summed E-state index contributed by atoms with van der Waals surface area (Å²) < 4.78 is 12.4. The van der Waals surface area contributed by atoms with E-state index in [1.54, 1.807) is 10.9 Å². The quantitative estimate of drug-likeness (QED) is 0.917. The van der Waals surface area contributed by atoms with Crippen molar-refractivity contribution in [2.24, 2.45) is 7.05 Å². The molecule has 0 spiro atoms. The van der Waals surface area contributed by atoms with E-state index in [9.17, 15) is 4.79 Å². The molecular weight excluding hydrogens is 282 g/mol. The molecule has 1 atom stereocenters. The molecule has 22 heavy (non-hydrogen) atoms. The maximum absolute atomic E-state index is 12.3. The number of hydrogen-bond acceptors (Lipinski definition) is 4. The Balaban J connectivity index is 1.65. The number of carbonyl (C=O) groups excluding carboxylic acids is 1. The van der Waals surface area contributed by atoms with Crippen molar-refractivity contribution in [2.45, 2.75) is 25.8 Å². The molecule has 0 fully saturated rings. The van der Waals surface area contributed by atoms with Gasteiger partial charge in [-0.3, -0.25) is 9.48 Å². The van der Waals surface area contributed by atoms with Crippen LogP contribution in [0.3, 0.4) is 0 Å². The fraction of sp³-hybridized carbons (Fsp3) is 0.375. The van der Waals surface area contributed by atoms with Gasteiger partial charge in [-0.15, -0.1) is 0 Å². The Labute approximate surface area is 129 Å². The molecule has 3 rings (SSSR count). The summed E-state index contributed by atoms with van der Waals surface area (Å²) in [7, 11) is 1.88. The Morgan fingerprint density at radius 1 is 1.36 bits per heavy atom. The molecule has 116 valence electrons. The third-order valence-corrected chi connectivity index (χ3v) is 3.76. The molecule has 6 heteroatoms. The molecular formula is C16H19N3O3. The van der Waals surface area contributed by atoms with E-state index >= 15 is 0 Å². The molecule has 1 aromatic carbocycles. The zero-order valence-electron chi connectivity index (χ0n) is 12.7. The smallest absolute Gasteiger partial charge is 0.231 e. The second-order valence-corrected chi connectivity index (χ2v) is 5.27. The number of fused-ring (bicyclic) bond motifs is 1. The lowest BCUT2D eigenvalue weighted by Crippen LogP contribution is -2.30. The number of carbonyl (C=O) groups is 1. The van der Waals surface area contributed by atoms with Gasteiger partial charge in [0.2, 0.25) is 12.7 Å². The van der Waals surface area contributed by atoms with E-state index in [2.05, 4.69) is 10.4 Å². The molecule has 2 aromatic rings. The minimum absolute atomic E-state index is 0.0214. The molecule has 0 radical (unpaired) electrons. The number of ether oxygens (including phenoxy) is 2. The fourth-order valence-electron chi connectivity index (χ4n) is 2.59. The highest BCUT2D eigenvalue weighted by molar-refractivity contribution is 5.79. The normalized spacial score (nSPS) is 13.9. The number of rotatable bonds is 5. The zero-order chi connectivity index (χ0) is 15.5. The number of aromatic nitrogens is 2. The zero-order valence-corrected chi connectivity index (χ0v) is 12.7. The molecule has 1 aliphatic rings. The van der Waals surface area contributed by atoms with E-state index in [0.29, 0.717) is 12.2 Å². The summed E-state index contributed by atoms with van der Waals surface area (Å²) in [5.41, 5.74) is 1.91. The predicted molar refractivity (Wildman–Crippen MR) is 80.7 cm³/mol. The maximum Gasteiger partial charge on any atom is 0.231 e. The topological polar surface area (TPSA) is 65.4 Å². The predicted octanol–water partition coefficient (Wildman–Crippen LogP) is 1.96. The van der Waals surface area contributed by atoms with Gasteiger partial charge in [-0.05, 0) is 30.2 Å². The minimum atomic E-state index is -0.0333. The van der Waals surface area contributed by atoms with E-state index in [4.69, 9.17) is 9.47 Å². The molecule has 0 aliphatic carbocycles. The molecule has 2 heterocycles. The molecule has 1 amide bonds. The van der Waals surface area contributed by atoms with Gasteiger partial charge in [0.15, 0.2) is 11.5 Å². The van der Waals surface area contributed by atoms with E-state index in [1.165, 1.54) is 0 Å². The lowest BCUT2D eigenvalue weighted by Gasteiger charge is -2.17. The first-order chi connectivity index (χ1) is 10.7. The van der Waals surface area contributed by atoms with Crippen LogP contribution >= 0.6 is 0 Å². The van der Waals surface area contributed by atoms with Crippen molar-refractivity contribution >= 4 is 5.91 Å². The van der Waals surface area contributed by atoms with Crippen molar-refractivity contribution in [2.75, 3.05) is 6.79 Å². The Morgan fingerprint density at radius 2 is 2.18 bits per heavy atom. The first-order valence-corrected chi connectivity index (χ1v) is 7.33. The second kappa shape index (κ2) is 6.09. The Bertz CT molecular complexity index is 681. The maximum atomic E-state index is 12.3. The third-order valence-electron chi connectivity index (χ3n) is 3.76. The van der Waals surface area contributed by atoms with Crippen LogP contribution in [-0.2, 0) is 18.3 Å². The molecule has 0 saturated heterocycles. The van der Waals surface area contributed by atoms with Gasteiger partial charge in [-0.1, -0.05) is 13.0 Å². The number of benzene rings is 1. The van der Waals surface area contributed by atoms with Crippen LogP contribution in [0.25, 0.3) is 0 Å². The number of nitrogens with one attached hydrogen (secondary N) is 1. The average Bonchev–Trinajstić information content (AvgIpc) is 3.13. The van der Waals surface area contributed by atoms with Crippen LogP contribution in [0.15, 0.2) is 30.5 Å². The van der Waals surface area contributed by atoms with E-state index in [1.807, 2.05) is 38.2 Å². The van der Waals surface area contributed by atoms with Gasteiger partial charge < -0.3 is 14.8 Å². The molecule has 1 N–H and O–H groups in total. The number of amides is 1. The molecule has 1 aliphatic heterocycles. The van der Waals surface area contributed by atoms with Crippen LogP contribution in [0.4, 0.5) is 0 Å². The highest BCUT2D eigenvalue weighted by Crippen LogP contribution is 2.32. The van der Waals surface area contributed by atoms with Crippen LogP contribution in [0.2, 0.25) is 0 Å². The number of hydrogen-bond donors (Lipinski definition) is 1.